The molecule has 2 aliphatic rings. The zero-order chi connectivity index (χ0) is 25.1. The van der Waals surface area contributed by atoms with Crippen LogP contribution in [0.4, 0.5) is 26.4 Å². The van der Waals surface area contributed by atoms with E-state index in [0.717, 1.165) is 16.7 Å². The average molecular weight is 502 g/mol. The van der Waals surface area contributed by atoms with E-state index in [1.54, 1.807) is 6.07 Å². The van der Waals surface area contributed by atoms with Gasteiger partial charge in [0.15, 0.2) is 5.82 Å². The molecule has 0 bridgehead atoms. The maximum Gasteiger partial charge on any atom is 0.413 e. The third-order valence-electron chi connectivity index (χ3n) is 6.71. The zero-order valence-electron chi connectivity index (χ0n) is 19.1. The fraction of sp³-hybridized carbons (Fsp3) is 0.348. The van der Waals surface area contributed by atoms with Crippen molar-refractivity contribution in [2.24, 2.45) is 0 Å². The van der Waals surface area contributed by atoms with Crippen molar-refractivity contribution in [2.45, 2.75) is 31.1 Å². The van der Waals surface area contributed by atoms with Crippen molar-refractivity contribution in [3.63, 3.8) is 0 Å². The molecule has 0 saturated heterocycles. The van der Waals surface area contributed by atoms with E-state index < -0.39 is 33.0 Å². The monoisotopic (exact) mass is 501 g/mol. The molecule has 1 fully saturated rings. The van der Waals surface area contributed by atoms with Gasteiger partial charge in [0.25, 0.3) is 0 Å². The number of anilines is 3. The Balaban J connectivity index is 1.58. The highest BCUT2D eigenvalue weighted by Gasteiger charge is 2.42. The van der Waals surface area contributed by atoms with Crippen molar-refractivity contribution < 1.29 is 27.4 Å². The lowest BCUT2D eigenvalue weighted by Gasteiger charge is -2.39. The first-order valence-electron chi connectivity index (χ1n) is 11.0. The second-order valence-corrected chi connectivity index (χ2v) is 11.2. The van der Waals surface area contributed by atoms with Crippen LogP contribution in [-0.4, -0.2) is 60.3 Å². The van der Waals surface area contributed by atoms with Crippen LogP contribution in [0, 0.1) is 12.7 Å². The fourth-order valence-corrected chi connectivity index (χ4v) is 5.79. The third kappa shape index (κ3) is 3.87. The fourth-order valence-electron chi connectivity index (χ4n) is 4.65. The van der Waals surface area contributed by atoms with E-state index in [1.807, 2.05) is 6.92 Å². The van der Waals surface area contributed by atoms with Crippen LogP contribution in [0.25, 0.3) is 21.9 Å². The number of hydrogen-bond donors (Lipinski definition) is 3. The van der Waals surface area contributed by atoms with Gasteiger partial charge in [0, 0.05) is 47.7 Å². The minimum atomic E-state index is -3.25. The molecule has 10 nitrogen and oxygen atoms in total. The van der Waals surface area contributed by atoms with Crippen molar-refractivity contribution in [2.75, 3.05) is 35.4 Å². The van der Waals surface area contributed by atoms with Crippen LogP contribution in [0.1, 0.15) is 18.4 Å². The molecule has 1 aliphatic heterocycles. The van der Waals surface area contributed by atoms with E-state index in [4.69, 9.17) is 10.5 Å². The summed E-state index contributed by atoms with van der Waals surface area (Å²) in [5.41, 5.74) is 8.18. The molecule has 12 heteroatoms. The van der Waals surface area contributed by atoms with Gasteiger partial charge in [-0.15, -0.1) is 0 Å². The van der Waals surface area contributed by atoms with E-state index in [9.17, 15) is 18.3 Å². The summed E-state index contributed by atoms with van der Waals surface area (Å²) in [5.74, 6) is -0.0591. The summed E-state index contributed by atoms with van der Waals surface area (Å²) < 4.78 is 44.5. The summed E-state index contributed by atoms with van der Waals surface area (Å²) in [6, 6.07) is 2.60. The van der Waals surface area contributed by atoms with Crippen LogP contribution in [0.15, 0.2) is 24.5 Å². The summed E-state index contributed by atoms with van der Waals surface area (Å²) in [7, 11) is -3.25. The number of carbonyl (C=O) groups is 1. The maximum atomic E-state index is 15.4. The van der Waals surface area contributed by atoms with E-state index in [2.05, 4.69) is 15.3 Å². The third-order valence-corrected chi connectivity index (χ3v) is 8.31. The van der Waals surface area contributed by atoms with Crippen LogP contribution in [-0.2, 0) is 9.84 Å². The molecule has 0 radical (unpaired) electrons. The first-order chi connectivity index (χ1) is 16.6. The normalized spacial score (nSPS) is 19.3. The van der Waals surface area contributed by atoms with Gasteiger partial charge in [0.05, 0.1) is 10.9 Å². The number of halogens is 1. The second-order valence-electron chi connectivity index (χ2n) is 8.90. The van der Waals surface area contributed by atoms with Gasteiger partial charge in [-0.2, -0.15) is 0 Å². The number of sulfone groups is 1. The standard InChI is InChI=1S/C23H24FN5O5S/c1-11-16(9-28-22-21(11)26-3-4-34-22)15-5-12-6-18(27-10-17(12)20(25)19(15)24)29(23(30)31)13-7-14(8-13)35(2,32)33/h5-6,9-10,13-14,26H,3-4,7-8,25H2,1-2H3,(H,30,31). The van der Waals surface area contributed by atoms with Crippen molar-refractivity contribution in [1.29, 1.82) is 0 Å². The number of amides is 1. The van der Waals surface area contributed by atoms with Gasteiger partial charge >= 0.3 is 6.09 Å². The van der Waals surface area contributed by atoms with E-state index in [0.29, 0.717) is 41.1 Å². The van der Waals surface area contributed by atoms with Crippen molar-refractivity contribution >= 4 is 43.9 Å². The zero-order valence-corrected chi connectivity index (χ0v) is 19.9. The van der Waals surface area contributed by atoms with E-state index >= 15 is 4.39 Å². The number of fused-ring (bicyclic) bond motifs is 2. The van der Waals surface area contributed by atoms with Gasteiger partial charge in [0.2, 0.25) is 5.88 Å². The second kappa shape index (κ2) is 8.22. The predicted molar refractivity (Wildman–Crippen MR) is 130 cm³/mol. The molecule has 2 aromatic heterocycles. The smallest absolute Gasteiger partial charge is 0.413 e. The molecule has 0 spiro atoms. The van der Waals surface area contributed by atoms with Gasteiger partial charge < -0.3 is 20.9 Å². The van der Waals surface area contributed by atoms with Crippen LogP contribution < -0.4 is 20.7 Å². The van der Waals surface area contributed by atoms with Crippen LogP contribution in [0.3, 0.4) is 0 Å². The predicted octanol–water partition coefficient (Wildman–Crippen LogP) is 3.19. The number of ether oxygens (including phenoxy) is 1. The van der Waals surface area contributed by atoms with Gasteiger partial charge in [-0.1, -0.05) is 0 Å². The molecular weight excluding hydrogens is 477 g/mol. The Labute approximate surface area is 200 Å². The van der Waals surface area contributed by atoms with Crippen LogP contribution in [0.2, 0.25) is 0 Å². The number of pyridine rings is 2. The van der Waals surface area contributed by atoms with Gasteiger partial charge in [0.1, 0.15) is 27.9 Å². The lowest BCUT2D eigenvalue weighted by molar-refractivity contribution is 0.194. The Bertz CT molecular complexity index is 1470. The molecule has 1 aliphatic carbocycles. The first-order valence-corrected chi connectivity index (χ1v) is 13.0. The highest BCUT2D eigenvalue weighted by Crippen LogP contribution is 2.40. The number of aromatic nitrogens is 2. The molecule has 5 rings (SSSR count). The minimum Gasteiger partial charge on any atom is -0.474 e. The molecule has 3 aromatic rings. The average Bonchev–Trinajstić information content (AvgIpc) is 2.77. The molecule has 1 amide bonds. The SMILES string of the molecule is Cc1c(-c2cc3cc(N(C(=O)O)C4CC(S(C)(=O)=O)C4)ncc3c(N)c2F)cnc2c1NCCO2. The molecule has 35 heavy (non-hydrogen) atoms. The molecule has 1 saturated carbocycles. The van der Waals surface area contributed by atoms with Crippen molar-refractivity contribution in [3.8, 4) is 17.0 Å². The minimum absolute atomic E-state index is 0.111. The molecule has 184 valence electrons. The van der Waals surface area contributed by atoms with E-state index in [-0.39, 0.29) is 29.9 Å². The quantitative estimate of drug-likeness (QED) is 0.458. The van der Waals surface area contributed by atoms with Gasteiger partial charge in [-0.05, 0) is 42.8 Å². The molecule has 3 heterocycles. The lowest BCUT2D eigenvalue weighted by Crippen LogP contribution is -2.52. The highest BCUT2D eigenvalue weighted by molar-refractivity contribution is 7.91. The number of hydrogen-bond acceptors (Lipinski definition) is 8. The number of nitrogens with one attached hydrogen (secondary N) is 1. The Hall–Kier alpha value is -3.67. The molecule has 0 unspecified atom stereocenters. The Morgan fingerprint density at radius 1 is 1.26 bits per heavy atom. The molecular formula is C23H24FN5O5S. The highest BCUT2D eigenvalue weighted by atomic mass is 32.2. The number of carboxylic acid groups (broad SMARTS) is 1. The van der Waals surface area contributed by atoms with Crippen LogP contribution in [0.5, 0.6) is 5.88 Å². The first kappa shape index (κ1) is 23.1. The van der Waals surface area contributed by atoms with Crippen molar-refractivity contribution in [1.82, 2.24) is 9.97 Å². The Morgan fingerprint density at radius 2 is 2.00 bits per heavy atom. The summed E-state index contributed by atoms with van der Waals surface area (Å²) in [5, 5.41) is 13.3. The molecule has 1 aromatic carbocycles. The lowest BCUT2D eigenvalue weighted by atomic mass is 9.90. The Kier molecular flexibility index (Phi) is 5.42. The van der Waals surface area contributed by atoms with Gasteiger partial charge in [-0.3, -0.25) is 4.90 Å². The van der Waals surface area contributed by atoms with Crippen LogP contribution >= 0.6 is 0 Å². The van der Waals surface area contributed by atoms with Crippen molar-refractivity contribution in [3.05, 3.63) is 35.9 Å². The Morgan fingerprint density at radius 3 is 2.69 bits per heavy atom. The largest absolute Gasteiger partial charge is 0.474 e. The number of rotatable bonds is 4. The number of benzene rings is 1. The maximum absolute atomic E-state index is 15.4. The molecule has 4 N–H and O–H groups in total. The topological polar surface area (TPSA) is 148 Å². The summed E-state index contributed by atoms with van der Waals surface area (Å²) in [6.07, 6.45) is 3.14. The number of nitrogens with zero attached hydrogens (tertiary/aromatic N) is 3. The summed E-state index contributed by atoms with van der Waals surface area (Å²) >= 11 is 0. The number of nitrogens with two attached hydrogens (primary N) is 1. The molecule has 0 atom stereocenters. The summed E-state index contributed by atoms with van der Waals surface area (Å²) in [4.78, 5) is 21.6. The number of nitrogen functional groups attached to an aromatic ring is 1. The van der Waals surface area contributed by atoms with E-state index in [1.165, 1.54) is 18.5 Å². The van der Waals surface area contributed by atoms with Gasteiger partial charge in [-0.25, -0.2) is 27.6 Å². The summed E-state index contributed by atoms with van der Waals surface area (Å²) in [6.45, 7) is 2.91.